The van der Waals surface area contributed by atoms with E-state index >= 15 is 0 Å². The predicted octanol–water partition coefficient (Wildman–Crippen LogP) is 3.33. The Bertz CT molecular complexity index is 954. The summed E-state index contributed by atoms with van der Waals surface area (Å²) >= 11 is 5.87. The lowest BCUT2D eigenvalue weighted by Gasteiger charge is -2.34. The SMILES string of the molecule is O=C(C1CCN(S(=O)(=O)c2ccc(Cl)cc2)CC1)N(Cc1ccncc1)C1CC1. The van der Waals surface area contributed by atoms with Crippen LogP contribution in [0, 0.1) is 5.92 Å². The number of carbonyl (C=O) groups is 1. The van der Waals surface area contributed by atoms with Crippen LogP contribution in [0.3, 0.4) is 0 Å². The second kappa shape index (κ2) is 8.42. The number of pyridine rings is 1. The number of carbonyl (C=O) groups excluding carboxylic acids is 1. The van der Waals surface area contributed by atoms with E-state index in [9.17, 15) is 13.2 Å². The Kier molecular flexibility index (Phi) is 5.90. The van der Waals surface area contributed by atoms with Crippen LogP contribution in [-0.4, -0.2) is 47.6 Å². The van der Waals surface area contributed by atoms with Gasteiger partial charge in [-0.05, 0) is 67.6 Å². The number of hydrogen-bond donors (Lipinski definition) is 0. The van der Waals surface area contributed by atoms with Crippen molar-refractivity contribution in [3.8, 4) is 0 Å². The van der Waals surface area contributed by atoms with E-state index in [-0.39, 0.29) is 16.7 Å². The Morgan fingerprint density at radius 2 is 1.66 bits per heavy atom. The highest BCUT2D eigenvalue weighted by molar-refractivity contribution is 7.89. The van der Waals surface area contributed by atoms with Gasteiger partial charge in [-0.1, -0.05) is 11.6 Å². The van der Waals surface area contributed by atoms with E-state index in [0.717, 1.165) is 18.4 Å². The smallest absolute Gasteiger partial charge is 0.243 e. The lowest BCUT2D eigenvalue weighted by molar-refractivity contribution is -0.138. The van der Waals surface area contributed by atoms with Crippen LogP contribution in [-0.2, 0) is 21.4 Å². The molecule has 1 saturated carbocycles. The van der Waals surface area contributed by atoms with Crippen LogP contribution in [0.4, 0.5) is 0 Å². The molecule has 0 bridgehead atoms. The van der Waals surface area contributed by atoms with Gasteiger partial charge in [-0.15, -0.1) is 0 Å². The molecule has 2 aromatic rings. The van der Waals surface area contributed by atoms with Crippen molar-refractivity contribution in [2.24, 2.45) is 5.92 Å². The number of halogens is 1. The Morgan fingerprint density at radius 3 is 2.24 bits per heavy atom. The third kappa shape index (κ3) is 4.63. The third-order valence-corrected chi connectivity index (χ3v) is 7.79. The average molecular weight is 434 g/mol. The fourth-order valence-corrected chi connectivity index (χ4v) is 5.39. The summed E-state index contributed by atoms with van der Waals surface area (Å²) < 4.78 is 27.2. The minimum atomic E-state index is -3.56. The number of aromatic nitrogens is 1. The van der Waals surface area contributed by atoms with Gasteiger partial charge < -0.3 is 4.90 Å². The molecule has 1 aromatic carbocycles. The van der Waals surface area contributed by atoms with Crippen molar-refractivity contribution >= 4 is 27.5 Å². The molecule has 1 aliphatic heterocycles. The summed E-state index contributed by atoms with van der Waals surface area (Å²) in [5.74, 6) is 0.0157. The molecule has 2 heterocycles. The molecule has 1 amide bonds. The standard InChI is InChI=1S/C21H24ClN3O3S/c22-18-1-5-20(6-2-18)29(27,28)24-13-9-17(10-14-24)21(26)25(19-3-4-19)15-16-7-11-23-12-8-16/h1-2,5-8,11-12,17,19H,3-4,9-10,13-15H2. The van der Waals surface area contributed by atoms with Crippen molar-refractivity contribution in [3.63, 3.8) is 0 Å². The lowest BCUT2D eigenvalue weighted by Crippen LogP contribution is -2.44. The number of piperidine rings is 1. The molecule has 4 rings (SSSR count). The summed E-state index contributed by atoms with van der Waals surface area (Å²) in [6.07, 6.45) is 6.66. The molecule has 0 unspecified atom stereocenters. The van der Waals surface area contributed by atoms with E-state index in [4.69, 9.17) is 11.6 Å². The van der Waals surface area contributed by atoms with Crippen molar-refractivity contribution in [2.75, 3.05) is 13.1 Å². The Labute approximate surface area is 176 Å². The van der Waals surface area contributed by atoms with E-state index < -0.39 is 10.0 Å². The van der Waals surface area contributed by atoms with E-state index in [2.05, 4.69) is 4.98 Å². The highest BCUT2D eigenvalue weighted by Crippen LogP contribution is 2.32. The highest BCUT2D eigenvalue weighted by Gasteiger charge is 2.38. The fourth-order valence-electron chi connectivity index (χ4n) is 3.79. The fraction of sp³-hybridized carbons (Fsp3) is 0.429. The molecule has 0 spiro atoms. The van der Waals surface area contributed by atoms with Crippen molar-refractivity contribution in [3.05, 3.63) is 59.4 Å². The minimum absolute atomic E-state index is 0.130. The van der Waals surface area contributed by atoms with Gasteiger partial charge in [0.1, 0.15) is 0 Å². The number of rotatable bonds is 6. The molecule has 1 aliphatic carbocycles. The number of benzene rings is 1. The van der Waals surface area contributed by atoms with Crippen LogP contribution in [0.2, 0.25) is 5.02 Å². The molecule has 2 fully saturated rings. The maximum Gasteiger partial charge on any atom is 0.243 e. The van der Waals surface area contributed by atoms with Crippen LogP contribution >= 0.6 is 11.6 Å². The van der Waals surface area contributed by atoms with Crippen LogP contribution in [0.25, 0.3) is 0 Å². The van der Waals surface area contributed by atoms with E-state index in [0.29, 0.717) is 43.5 Å². The summed E-state index contributed by atoms with van der Waals surface area (Å²) in [7, 11) is -3.56. The van der Waals surface area contributed by atoms with E-state index in [1.807, 2.05) is 17.0 Å². The summed E-state index contributed by atoms with van der Waals surface area (Å²) in [6, 6.07) is 10.4. The second-order valence-corrected chi connectivity index (χ2v) is 10.1. The van der Waals surface area contributed by atoms with Gasteiger partial charge in [-0.2, -0.15) is 4.31 Å². The number of hydrogen-bond acceptors (Lipinski definition) is 4. The molecule has 0 N–H and O–H groups in total. The van der Waals surface area contributed by atoms with Crippen LogP contribution in [0.15, 0.2) is 53.7 Å². The second-order valence-electron chi connectivity index (χ2n) is 7.69. The Hall–Kier alpha value is -1.96. The largest absolute Gasteiger partial charge is 0.335 e. The molecular formula is C21H24ClN3O3S. The number of sulfonamides is 1. The topological polar surface area (TPSA) is 70.6 Å². The van der Waals surface area contributed by atoms with Gasteiger partial charge in [0.25, 0.3) is 0 Å². The summed E-state index contributed by atoms with van der Waals surface area (Å²) in [4.78, 5) is 19.4. The Morgan fingerprint density at radius 1 is 1.03 bits per heavy atom. The maximum atomic E-state index is 13.2. The first-order chi connectivity index (χ1) is 13.9. The molecule has 8 heteroatoms. The lowest BCUT2D eigenvalue weighted by atomic mass is 9.96. The van der Waals surface area contributed by atoms with Crippen LogP contribution in [0.5, 0.6) is 0 Å². The van der Waals surface area contributed by atoms with Crippen molar-refractivity contribution < 1.29 is 13.2 Å². The van der Waals surface area contributed by atoms with Gasteiger partial charge in [0, 0.05) is 49.0 Å². The molecule has 1 saturated heterocycles. The zero-order valence-electron chi connectivity index (χ0n) is 16.1. The van der Waals surface area contributed by atoms with Gasteiger partial charge in [-0.3, -0.25) is 9.78 Å². The zero-order chi connectivity index (χ0) is 20.4. The summed E-state index contributed by atoms with van der Waals surface area (Å²) in [5, 5.41) is 0.502. The number of amides is 1. The minimum Gasteiger partial charge on any atom is -0.335 e. The van der Waals surface area contributed by atoms with Gasteiger partial charge in [-0.25, -0.2) is 8.42 Å². The molecule has 2 aliphatic rings. The van der Waals surface area contributed by atoms with E-state index in [1.54, 1.807) is 24.5 Å². The number of nitrogens with zero attached hydrogens (tertiary/aromatic N) is 3. The molecular weight excluding hydrogens is 410 g/mol. The normalized spacial score (nSPS) is 18.5. The van der Waals surface area contributed by atoms with Gasteiger partial charge >= 0.3 is 0 Å². The molecule has 29 heavy (non-hydrogen) atoms. The first kappa shape index (κ1) is 20.3. The predicted molar refractivity (Wildman–Crippen MR) is 111 cm³/mol. The first-order valence-corrected chi connectivity index (χ1v) is 11.7. The zero-order valence-corrected chi connectivity index (χ0v) is 17.6. The summed E-state index contributed by atoms with van der Waals surface area (Å²) in [5.41, 5.74) is 1.07. The van der Waals surface area contributed by atoms with Crippen molar-refractivity contribution in [1.29, 1.82) is 0 Å². The molecule has 154 valence electrons. The highest BCUT2D eigenvalue weighted by atomic mass is 35.5. The average Bonchev–Trinajstić information content (AvgIpc) is 3.58. The molecule has 0 radical (unpaired) electrons. The van der Waals surface area contributed by atoms with Crippen molar-refractivity contribution in [1.82, 2.24) is 14.2 Å². The first-order valence-electron chi connectivity index (χ1n) is 9.90. The van der Waals surface area contributed by atoms with Crippen LogP contribution in [0.1, 0.15) is 31.2 Å². The monoisotopic (exact) mass is 433 g/mol. The van der Waals surface area contributed by atoms with E-state index in [1.165, 1.54) is 16.4 Å². The van der Waals surface area contributed by atoms with Crippen LogP contribution < -0.4 is 0 Å². The molecule has 1 aromatic heterocycles. The molecule has 6 nitrogen and oxygen atoms in total. The summed E-state index contributed by atoms with van der Waals surface area (Å²) in [6.45, 7) is 1.31. The quantitative estimate of drug-likeness (QED) is 0.700. The van der Waals surface area contributed by atoms with Gasteiger partial charge in [0.15, 0.2) is 0 Å². The third-order valence-electron chi connectivity index (χ3n) is 5.63. The van der Waals surface area contributed by atoms with Gasteiger partial charge in [0.2, 0.25) is 15.9 Å². The van der Waals surface area contributed by atoms with Crippen molar-refractivity contribution in [2.45, 2.75) is 43.2 Å². The Balaban J connectivity index is 1.40. The maximum absolute atomic E-state index is 13.2. The molecule has 0 atom stereocenters. The van der Waals surface area contributed by atoms with Gasteiger partial charge in [0.05, 0.1) is 4.90 Å².